The van der Waals surface area contributed by atoms with Crippen molar-refractivity contribution in [2.24, 2.45) is 0 Å². The zero-order valence-electron chi connectivity index (χ0n) is 12.1. The van der Waals surface area contributed by atoms with Crippen LogP contribution in [0.3, 0.4) is 0 Å². The first-order valence-electron chi connectivity index (χ1n) is 6.88. The zero-order valence-corrected chi connectivity index (χ0v) is 12.1. The molecule has 0 bridgehead atoms. The van der Waals surface area contributed by atoms with E-state index in [2.05, 4.69) is 24.9 Å². The molecule has 2 N–H and O–H groups in total. The monoisotopic (exact) mass is 269 g/mol. The van der Waals surface area contributed by atoms with Gasteiger partial charge in [-0.25, -0.2) is 9.97 Å². The van der Waals surface area contributed by atoms with Crippen molar-refractivity contribution in [1.82, 2.24) is 9.97 Å². The van der Waals surface area contributed by atoms with E-state index in [9.17, 15) is 0 Å². The molecule has 0 radical (unpaired) electrons. The molecule has 1 aromatic heterocycles. The van der Waals surface area contributed by atoms with Crippen LogP contribution in [-0.4, -0.2) is 17.1 Å². The molecule has 3 rings (SSSR count). The third kappa shape index (κ3) is 2.33. The molecule has 1 heterocycles. The first-order chi connectivity index (χ1) is 9.58. The molecule has 0 aliphatic heterocycles. The molecule has 1 fully saturated rings. The van der Waals surface area contributed by atoms with Crippen LogP contribution in [0.4, 0.5) is 5.82 Å². The van der Waals surface area contributed by atoms with Gasteiger partial charge in [0, 0.05) is 17.5 Å². The number of hydrogen-bond donors (Lipinski definition) is 1. The molecular formula is C16H19N3O. The van der Waals surface area contributed by atoms with E-state index in [0.29, 0.717) is 11.7 Å². The standard InChI is InChI=1S/C16H19N3O/c1-9-6-10(2)15(13(7-9)20-3)12-8-14(17)19-16(18-12)11-4-5-11/h6-8,11H,4-5H2,1-3H3,(H2,17,18,19). The van der Waals surface area contributed by atoms with Gasteiger partial charge in [0.1, 0.15) is 17.4 Å². The summed E-state index contributed by atoms with van der Waals surface area (Å²) in [5.41, 5.74) is 10.1. The van der Waals surface area contributed by atoms with Crippen molar-refractivity contribution in [3.8, 4) is 17.0 Å². The molecule has 1 aliphatic carbocycles. The Hall–Kier alpha value is -2.10. The van der Waals surface area contributed by atoms with E-state index in [1.807, 2.05) is 12.1 Å². The van der Waals surface area contributed by atoms with Crippen LogP contribution in [0.5, 0.6) is 5.75 Å². The summed E-state index contributed by atoms with van der Waals surface area (Å²) in [6, 6.07) is 5.98. The molecule has 104 valence electrons. The Bertz CT molecular complexity index is 663. The number of hydrogen-bond acceptors (Lipinski definition) is 4. The van der Waals surface area contributed by atoms with Gasteiger partial charge in [0.25, 0.3) is 0 Å². The second kappa shape index (κ2) is 4.78. The highest BCUT2D eigenvalue weighted by molar-refractivity contribution is 5.73. The van der Waals surface area contributed by atoms with Gasteiger partial charge >= 0.3 is 0 Å². The minimum Gasteiger partial charge on any atom is -0.496 e. The number of rotatable bonds is 3. The van der Waals surface area contributed by atoms with Crippen LogP contribution < -0.4 is 10.5 Å². The van der Waals surface area contributed by atoms with Gasteiger partial charge < -0.3 is 10.5 Å². The summed E-state index contributed by atoms with van der Waals surface area (Å²) in [7, 11) is 1.68. The molecule has 0 atom stereocenters. The van der Waals surface area contributed by atoms with E-state index in [0.717, 1.165) is 41.2 Å². The van der Waals surface area contributed by atoms with Gasteiger partial charge in [0.2, 0.25) is 0 Å². The molecule has 0 unspecified atom stereocenters. The Morgan fingerprint density at radius 3 is 2.55 bits per heavy atom. The normalized spacial score (nSPS) is 14.3. The van der Waals surface area contributed by atoms with Crippen LogP contribution in [0.1, 0.15) is 35.7 Å². The number of nitrogen functional groups attached to an aromatic ring is 1. The Balaban J connectivity index is 2.17. The van der Waals surface area contributed by atoms with Crippen LogP contribution in [0.15, 0.2) is 18.2 Å². The van der Waals surface area contributed by atoms with E-state index in [1.54, 1.807) is 7.11 Å². The SMILES string of the molecule is COc1cc(C)cc(C)c1-c1cc(N)nc(C2CC2)n1. The summed E-state index contributed by atoms with van der Waals surface area (Å²) in [5, 5.41) is 0. The molecule has 0 spiro atoms. The second-order valence-corrected chi connectivity index (χ2v) is 5.47. The maximum Gasteiger partial charge on any atom is 0.134 e. The fourth-order valence-corrected chi connectivity index (χ4v) is 2.56. The van der Waals surface area contributed by atoms with Gasteiger partial charge in [0.05, 0.1) is 12.8 Å². The summed E-state index contributed by atoms with van der Waals surface area (Å²) in [6.45, 7) is 4.13. The number of nitrogens with zero attached hydrogens (tertiary/aromatic N) is 2. The second-order valence-electron chi connectivity index (χ2n) is 5.47. The molecule has 2 aromatic rings. The molecule has 0 saturated heterocycles. The smallest absolute Gasteiger partial charge is 0.134 e. The van der Waals surface area contributed by atoms with E-state index in [1.165, 1.54) is 5.56 Å². The minimum atomic E-state index is 0.481. The molecule has 20 heavy (non-hydrogen) atoms. The molecular weight excluding hydrogens is 250 g/mol. The summed E-state index contributed by atoms with van der Waals surface area (Å²) in [6.07, 6.45) is 2.32. The lowest BCUT2D eigenvalue weighted by Crippen LogP contribution is -2.02. The van der Waals surface area contributed by atoms with Crippen molar-refractivity contribution >= 4 is 5.82 Å². The van der Waals surface area contributed by atoms with Crippen LogP contribution in [0, 0.1) is 13.8 Å². The molecule has 4 nitrogen and oxygen atoms in total. The van der Waals surface area contributed by atoms with Crippen LogP contribution in [-0.2, 0) is 0 Å². The van der Waals surface area contributed by atoms with E-state index < -0.39 is 0 Å². The van der Waals surface area contributed by atoms with Gasteiger partial charge in [0.15, 0.2) is 0 Å². The minimum absolute atomic E-state index is 0.481. The largest absolute Gasteiger partial charge is 0.496 e. The predicted molar refractivity (Wildman–Crippen MR) is 79.9 cm³/mol. The van der Waals surface area contributed by atoms with E-state index in [4.69, 9.17) is 15.5 Å². The summed E-state index contributed by atoms with van der Waals surface area (Å²) in [5.74, 6) is 2.71. The van der Waals surface area contributed by atoms with Gasteiger partial charge in [-0.2, -0.15) is 0 Å². The lowest BCUT2D eigenvalue weighted by atomic mass is 10.0. The molecule has 0 amide bonds. The van der Waals surface area contributed by atoms with Crippen LogP contribution in [0.2, 0.25) is 0 Å². The fourth-order valence-electron chi connectivity index (χ4n) is 2.56. The Morgan fingerprint density at radius 2 is 1.90 bits per heavy atom. The average Bonchev–Trinajstić information content (AvgIpc) is 3.21. The maximum atomic E-state index is 5.94. The number of ether oxygens (including phenoxy) is 1. The first-order valence-corrected chi connectivity index (χ1v) is 6.88. The molecule has 1 saturated carbocycles. The number of aromatic nitrogens is 2. The van der Waals surface area contributed by atoms with E-state index in [-0.39, 0.29) is 0 Å². The van der Waals surface area contributed by atoms with E-state index >= 15 is 0 Å². The third-order valence-electron chi connectivity index (χ3n) is 3.63. The lowest BCUT2D eigenvalue weighted by Gasteiger charge is -2.13. The molecule has 1 aliphatic rings. The highest BCUT2D eigenvalue weighted by Crippen LogP contribution is 2.40. The van der Waals surface area contributed by atoms with Gasteiger partial charge in [-0.05, 0) is 43.9 Å². The Labute approximate surface area is 119 Å². The summed E-state index contributed by atoms with van der Waals surface area (Å²) >= 11 is 0. The highest BCUT2D eigenvalue weighted by atomic mass is 16.5. The number of anilines is 1. The first kappa shape index (κ1) is 12.9. The molecule has 4 heteroatoms. The van der Waals surface area contributed by atoms with Crippen molar-refractivity contribution in [2.45, 2.75) is 32.6 Å². The Morgan fingerprint density at radius 1 is 1.15 bits per heavy atom. The maximum absolute atomic E-state index is 5.94. The van der Waals surface area contributed by atoms with Gasteiger partial charge in [-0.15, -0.1) is 0 Å². The third-order valence-corrected chi connectivity index (χ3v) is 3.63. The Kier molecular flexibility index (Phi) is 3.08. The van der Waals surface area contributed by atoms with Crippen molar-refractivity contribution in [3.63, 3.8) is 0 Å². The number of aryl methyl sites for hydroxylation is 2. The van der Waals surface area contributed by atoms with Crippen LogP contribution in [0.25, 0.3) is 11.3 Å². The molecule has 1 aromatic carbocycles. The van der Waals surface area contributed by atoms with Crippen molar-refractivity contribution in [3.05, 3.63) is 35.2 Å². The van der Waals surface area contributed by atoms with Gasteiger partial charge in [-0.3, -0.25) is 0 Å². The average molecular weight is 269 g/mol. The fraction of sp³-hybridized carbons (Fsp3) is 0.375. The van der Waals surface area contributed by atoms with Crippen molar-refractivity contribution in [2.75, 3.05) is 12.8 Å². The van der Waals surface area contributed by atoms with Crippen LogP contribution >= 0.6 is 0 Å². The number of methoxy groups -OCH3 is 1. The number of benzene rings is 1. The number of nitrogens with two attached hydrogens (primary N) is 1. The predicted octanol–water partition coefficient (Wildman–Crippen LogP) is 3.23. The quantitative estimate of drug-likeness (QED) is 0.929. The van der Waals surface area contributed by atoms with Crippen molar-refractivity contribution in [1.29, 1.82) is 0 Å². The summed E-state index contributed by atoms with van der Waals surface area (Å²) in [4.78, 5) is 9.04. The lowest BCUT2D eigenvalue weighted by molar-refractivity contribution is 0.415. The summed E-state index contributed by atoms with van der Waals surface area (Å²) < 4.78 is 5.52. The highest BCUT2D eigenvalue weighted by Gasteiger charge is 2.27. The van der Waals surface area contributed by atoms with Crippen molar-refractivity contribution < 1.29 is 4.74 Å². The zero-order chi connectivity index (χ0) is 14.3. The topological polar surface area (TPSA) is 61.0 Å². The van der Waals surface area contributed by atoms with Gasteiger partial charge in [-0.1, -0.05) is 6.07 Å².